The van der Waals surface area contributed by atoms with Gasteiger partial charge in [-0.1, -0.05) is 38.1 Å². The van der Waals surface area contributed by atoms with E-state index in [2.05, 4.69) is 66.0 Å². The van der Waals surface area contributed by atoms with E-state index in [1.165, 1.54) is 17.7 Å². The van der Waals surface area contributed by atoms with Crippen molar-refractivity contribution in [3.05, 3.63) is 98.9 Å². The van der Waals surface area contributed by atoms with Crippen LogP contribution in [-0.2, 0) is 0 Å². The lowest BCUT2D eigenvalue weighted by atomic mass is 9.95. The maximum atomic E-state index is 13.2. The topological polar surface area (TPSA) is 29.1 Å². The maximum absolute atomic E-state index is 13.2. The zero-order valence-electron chi connectivity index (χ0n) is 16.0. The minimum absolute atomic E-state index is 0.0176. The number of anilines is 1. The standard InChI is InChI=1S/C24H23FINO/c1-16(2)17-3-5-18(6-4-17)23(27-22-13-11-21(26)12-14-22)15-24(28)19-7-9-20(25)10-8-19/h3-14,16,23,27H,15H2,1-2H3. The molecule has 0 aliphatic heterocycles. The predicted molar refractivity (Wildman–Crippen MR) is 121 cm³/mol. The molecule has 0 heterocycles. The Morgan fingerprint density at radius 1 is 0.893 bits per heavy atom. The Labute approximate surface area is 179 Å². The first-order valence-corrected chi connectivity index (χ1v) is 10.4. The summed E-state index contributed by atoms with van der Waals surface area (Å²) >= 11 is 2.27. The first-order valence-electron chi connectivity index (χ1n) is 9.33. The lowest BCUT2D eigenvalue weighted by Crippen LogP contribution is -2.16. The molecule has 0 spiro atoms. The van der Waals surface area contributed by atoms with Gasteiger partial charge in [0, 0.05) is 21.2 Å². The minimum atomic E-state index is -0.339. The molecule has 0 radical (unpaired) electrons. The van der Waals surface area contributed by atoms with Crippen molar-refractivity contribution in [1.82, 2.24) is 0 Å². The fourth-order valence-electron chi connectivity index (χ4n) is 3.05. The Kier molecular flexibility index (Phi) is 6.83. The molecule has 1 N–H and O–H groups in total. The van der Waals surface area contributed by atoms with Crippen LogP contribution < -0.4 is 5.32 Å². The molecule has 0 aliphatic rings. The molecule has 144 valence electrons. The SMILES string of the molecule is CC(C)c1ccc(C(CC(=O)c2ccc(F)cc2)Nc2ccc(I)cc2)cc1. The molecule has 3 aromatic rings. The summed E-state index contributed by atoms with van der Waals surface area (Å²) in [5.74, 6) is 0.0999. The number of halogens is 2. The van der Waals surface area contributed by atoms with Crippen molar-refractivity contribution in [3.63, 3.8) is 0 Å². The summed E-state index contributed by atoms with van der Waals surface area (Å²) in [4.78, 5) is 12.8. The largest absolute Gasteiger partial charge is 0.378 e. The van der Waals surface area contributed by atoms with Crippen LogP contribution in [0.1, 0.15) is 53.7 Å². The first kappa shape index (κ1) is 20.5. The quantitative estimate of drug-likeness (QED) is 0.288. The fourth-order valence-corrected chi connectivity index (χ4v) is 3.41. The normalized spacial score (nSPS) is 12.0. The second-order valence-electron chi connectivity index (χ2n) is 7.16. The maximum Gasteiger partial charge on any atom is 0.165 e. The highest BCUT2D eigenvalue weighted by Crippen LogP contribution is 2.27. The highest BCUT2D eigenvalue weighted by molar-refractivity contribution is 14.1. The molecule has 0 saturated heterocycles. The van der Waals surface area contributed by atoms with Crippen LogP contribution in [0, 0.1) is 9.39 Å². The molecule has 1 unspecified atom stereocenters. The van der Waals surface area contributed by atoms with Gasteiger partial charge in [-0.25, -0.2) is 4.39 Å². The molecule has 0 aromatic heterocycles. The van der Waals surface area contributed by atoms with E-state index in [9.17, 15) is 9.18 Å². The number of hydrogen-bond acceptors (Lipinski definition) is 2. The van der Waals surface area contributed by atoms with Crippen molar-refractivity contribution in [2.24, 2.45) is 0 Å². The molecule has 0 bridgehead atoms. The first-order chi connectivity index (χ1) is 13.4. The van der Waals surface area contributed by atoms with E-state index < -0.39 is 0 Å². The Morgan fingerprint density at radius 3 is 2.04 bits per heavy atom. The molecular formula is C24H23FINO. The van der Waals surface area contributed by atoms with Gasteiger partial charge in [0.1, 0.15) is 5.82 Å². The van der Waals surface area contributed by atoms with Crippen molar-refractivity contribution in [2.75, 3.05) is 5.32 Å². The zero-order valence-corrected chi connectivity index (χ0v) is 18.1. The van der Waals surface area contributed by atoms with Gasteiger partial charge < -0.3 is 5.32 Å². The van der Waals surface area contributed by atoms with Gasteiger partial charge >= 0.3 is 0 Å². The van der Waals surface area contributed by atoms with Crippen LogP contribution in [0.5, 0.6) is 0 Å². The third kappa shape index (κ3) is 5.41. The third-order valence-corrected chi connectivity index (χ3v) is 5.47. The number of Topliss-reactive ketones (excluding diaryl/α,β-unsaturated/α-hetero) is 1. The van der Waals surface area contributed by atoms with Gasteiger partial charge in [-0.3, -0.25) is 4.79 Å². The number of benzene rings is 3. The Morgan fingerprint density at radius 2 is 1.46 bits per heavy atom. The number of rotatable bonds is 7. The van der Waals surface area contributed by atoms with Crippen LogP contribution in [0.2, 0.25) is 0 Å². The number of nitrogens with one attached hydrogen (secondary N) is 1. The number of carbonyl (C=O) groups is 1. The summed E-state index contributed by atoms with van der Waals surface area (Å²) < 4.78 is 14.3. The van der Waals surface area contributed by atoms with Crippen LogP contribution in [-0.4, -0.2) is 5.78 Å². The molecule has 0 aliphatic carbocycles. The third-order valence-electron chi connectivity index (χ3n) is 4.75. The van der Waals surface area contributed by atoms with Gasteiger partial charge in [0.2, 0.25) is 0 Å². The second kappa shape index (κ2) is 9.32. The van der Waals surface area contributed by atoms with E-state index in [-0.39, 0.29) is 17.6 Å². The summed E-state index contributed by atoms with van der Waals surface area (Å²) in [5, 5.41) is 3.49. The summed E-state index contributed by atoms with van der Waals surface area (Å²) in [6, 6.07) is 22.1. The molecule has 1 atom stereocenters. The monoisotopic (exact) mass is 487 g/mol. The van der Waals surface area contributed by atoms with Crippen LogP contribution >= 0.6 is 22.6 Å². The number of hydrogen-bond donors (Lipinski definition) is 1. The van der Waals surface area contributed by atoms with Crippen molar-refractivity contribution in [3.8, 4) is 0 Å². The smallest absolute Gasteiger partial charge is 0.165 e. The molecule has 0 amide bonds. The molecule has 0 fully saturated rings. The van der Waals surface area contributed by atoms with Gasteiger partial charge in [-0.2, -0.15) is 0 Å². The summed E-state index contributed by atoms with van der Waals surface area (Å²) in [5.41, 5.74) is 3.81. The lowest BCUT2D eigenvalue weighted by molar-refractivity contribution is 0.0976. The molecule has 28 heavy (non-hydrogen) atoms. The van der Waals surface area contributed by atoms with E-state index in [0.29, 0.717) is 17.9 Å². The van der Waals surface area contributed by atoms with Crippen molar-refractivity contribution >= 4 is 34.1 Å². The average Bonchev–Trinajstić information content (AvgIpc) is 2.69. The fraction of sp³-hybridized carbons (Fsp3) is 0.208. The summed E-state index contributed by atoms with van der Waals surface area (Å²) in [7, 11) is 0. The van der Waals surface area contributed by atoms with Gasteiger partial charge in [0.05, 0.1) is 6.04 Å². The highest BCUT2D eigenvalue weighted by atomic mass is 127. The predicted octanol–water partition coefficient (Wildman–Crippen LogP) is 6.98. The van der Waals surface area contributed by atoms with Crippen LogP contribution in [0.15, 0.2) is 72.8 Å². The lowest BCUT2D eigenvalue weighted by Gasteiger charge is -2.21. The Hall–Kier alpha value is -2.21. The van der Waals surface area contributed by atoms with E-state index in [4.69, 9.17) is 0 Å². The molecule has 2 nitrogen and oxygen atoms in total. The number of carbonyl (C=O) groups excluding carboxylic acids is 1. The second-order valence-corrected chi connectivity index (χ2v) is 8.41. The van der Waals surface area contributed by atoms with E-state index in [1.54, 1.807) is 12.1 Å². The molecule has 0 saturated carbocycles. The van der Waals surface area contributed by atoms with Gasteiger partial charge in [0.25, 0.3) is 0 Å². The van der Waals surface area contributed by atoms with E-state index >= 15 is 0 Å². The molecule has 4 heteroatoms. The van der Waals surface area contributed by atoms with Crippen LogP contribution in [0.3, 0.4) is 0 Å². The summed E-state index contributed by atoms with van der Waals surface area (Å²) in [6.07, 6.45) is 0.290. The minimum Gasteiger partial charge on any atom is -0.378 e. The van der Waals surface area contributed by atoms with E-state index in [1.807, 2.05) is 24.3 Å². The molecule has 3 rings (SSSR count). The van der Waals surface area contributed by atoms with Gasteiger partial charge in [0.15, 0.2) is 5.78 Å². The van der Waals surface area contributed by atoms with Crippen molar-refractivity contribution in [1.29, 1.82) is 0 Å². The average molecular weight is 487 g/mol. The summed E-state index contributed by atoms with van der Waals surface area (Å²) in [6.45, 7) is 4.32. The van der Waals surface area contributed by atoms with Crippen molar-refractivity contribution in [2.45, 2.75) is 32.2 Å². The zero-order chi connectivity index (χ0) is 20.1. The van der Waals surface area contributed by atoms with Gasteiger partial charge in [-0.05, 0) is 88.2 Å². The van der Waals surface area contributed by atoms with E-state index in [0.717, 1.165) is 14.8 Å². The highest BCUT2D eigenvalue weighted by Gasteiger charge is 2.18. The Balaban J connectivity index is 1.85. The van der Waals surface area contributed by atoms with Crippen LogP contribution in [0.4, 0.5) is 10.1 Å². The van der Waals surface area contributed by atoms with Gasteiger partial charge in [-0.15, -0.1) is 0 Å². The molecule has 3 aromatic carbocycles. The Bertz CT molecular complexity index is 918. The van der Waals surface area contributed by atoms with Crippen LogP contribution in [0.25, 0.3) is 0 Å². The number of ketones is 1. The van der Waals surface area contributed by atoms with Crippen molar-refractivity contribution < 1.29 is 9.18 Å². The molecular weight excluding hydrogens is 464 g/mol.